The Balaban J connectivity index is 1.93. The number of nitrogens with zero attached hydrogens (tertiary/aromatic N) is 1. The van der Waals surface area contributed by atoms with E-state index in [9.17, 15) is 18.0 Å². The van der Waals surface area contributed by atoms with Gasteiger partial charge in [0.1, 0.15) is 28.5 Å². The van der Waals surface area contributed by atoms with E-state index in [0.717, 1.165) is 0 Å². The maximum absolute atomic E-state index is 14.0. The van der Waals surface area contributed by atoms with Crippen LogP contribution in [0, 0.1) is 24.4 Å². The Morgan fingerprint density at radius 1 is 1.12 bits per heavy atom. The van der Waals surface area contributed by atoms with Crippen LogP contribution >= 0.6 is 11.8 Å². The molecule has 4 nitrogen and oxygen atoms in total. The largest absolute Gasteiger partial charge is 0.360 e. The summed E-state index contributed by atoms with van der Waals surface area (Å²) in [4.78, 5) is 12.2. The topological polar surface area (TPSA) is 55.1 Å². The van der Waals surface area contributed by atoms with Crippen LogP contribution in [0.15, 0.2) is 57.9 Å². The first-order valence-corrected chi connectivity index (χ1v) is 8.42. The van der Waals surface area contributed by atoms with Crippen molar-refractivity contribution in [3.05, 3.63) is 77.3 Å². The molecule has 134 valence electrons. The van der Waals surface area contributed by atoms with E-state index in [4.69, 9.17) is 4.52 Å². The van der Waals surface area contributed by atoms with Crippen LogP contribution in [0.1, 0.15) is 16.6 Å². The fourth-order valence-corrected chi connectivity index (χ4v) is 3.32. The van der Waals surface area contributed by atoms with E-state index in [-0.39, 0.29) is 5.82 Å². The number of carbonyl (C=O) groups is 1. The summed E-state index contributed by atoms with van der Waals surface area (Å²) in [5, 5.41) is 5.24. The van der Waals surface area contributed by atoms with E-state index in [0.29, 0.717) is 35.2 Å². The van der Waals surface area contributed by atoms with Crippen molar-refractivity contribution in [1.29, 1.82) is 0 Å². The molecule has 1 heterocycles. The molecule has 0 bridgehead atoms. The van der Waals surface area contributed by atoms with E-state index in [1.807, 2.05) is 0 Å². The Hall–Kier alpha value is -2.74. The number of amides is 1. The second kappa shape index (κ2) is 7.65. The first kappa shape index (κ1) is 18.1. The molecule has 0 aliphatic heterocycles. The third-order valence-corrected chi connectivity index (χ3v) is 4.77. The first-order chi connectivity index (χ1) is 12.4. The van der Waals surface area contributed by atoms with Gasteiger partial charge in [-0.05, 0) is 12.5 Å². The van der Waals surface area contributed by atoms with Crippen molar-refractivity contribution in [1.82, 2.24) is 5.16 Å². The molecule has 0 saturated heterocycles. The molecular weight excluding hydrogens is 365 g/mol. The summed E-state index contributed by atoms with van der Waals surface area (Å²) in [6, 6.07) is 11.1. The number of benzene rings is 2. The summed E-state index contributed by atoms with van der Waals surface area (Å²) in [6.45, 7) is 1.66. The number of halogens is 3. The SMILES string of the molecule is Cc1cc(NC(=O)[C@H](Sc2c(F)cc(F)cc2F)c2ccccc2)no1. The molecule has 1 N–H and O–H groups in total. The number of thioether (sulfide) groups is 1. The van der Waals surface area contributed by atoms with Gasteiger partial charge < -0.3 is 9.84 Å². The molecule has 26 heavy (non-hydrogen) atoms. The Bertz CT molecular complexity index is 908. The maximum atomic E-state index is 14.0. The monoisotopic (exact) mass is 378 g/mol. The van der Waals surface area contributed by atoms with Gasteiger partial charge in [-0.15, -0.1) is 11.8 Å². The van der Waals surface area contributed by atoms with Crippen LogP contribution in [0.25, 0.3) is 0 Å². The summed E-state index contributed by atoms with van der Waals surface area (Å²) in [5.41, 5.74) is 0.526. The lowest BCUT2D eigenvalue weighted by Gasteiger charge is -2.17. The third-order valence-electron chi connectivity index (χ3n) is 3.42. The number of hydrogen-bond acceptors (Lipinski definition) is 4. The molecule has 0 fully saturated rings. The minimum Gasteiger partial charge on any atom is -0.360 e. The molecule has 0 unspecified atom stereocenters. The van der Waals surface area contributed by atoms with Gasteiger partial charge in [-0.3, -0.25) is 4.79 Å². The van der Waals surface area contributed by atoms with Crippen LogP contribution in [0.3, 0.4) is 0 Å². The molecule has 8 heteroatoms. The van der Waals surface area contributed by atoms with E-state index in [2.05, 4.69) is 10.5 Å². The molecule has 0 saturated carbocycles. The Morgan fingerprint density at radius 3 is 2.35 bits per heavy atom. The minimum atomic E-state index is -1.07. The fourth-order valence-electron chi connectivity index (χ4n) is 2.28. The second-order valence-corrected chi connectivity index (χ2v) is 6.53. The van der Waals surface area contributed by atoms with E-state index in [1.54, 1.807) is 37.3 Å². The average molecular weight is 378 g/mol. The van der Waals surface area contributed by atoms with Crippen molar-refractivity contribution in [3.63, 3.8) is 0 Å². The zero-order valence-electron chi connectivity index (χ0n) is 13.5. The van der Waals surface area contributed by atoms with Gasteiger partial charge in [-0.1, -0.05) is 35.5 Å². The highest BCUT2D eigenvalue weighted by atomic mass is 32.2. The highest BCUT2D eigenvalue weighted by Gasteiger charge is 2.26. The minimum absolute atomic E-state index is 0.189. The molecule has 0 radical (unpaired) electrons. The Morgan fingerprint density at radius 2 is 1.77 bits per heavy atom. The van der Waals surface area contributed by atoms with E-state index >= 15 is 0 Å². The van der Waals surface area contributed by atoms with Crippen LogP contribution in [-0.2, 0) is 4.79 Å². The van der Waals surface area contributed by atoms with Crippen molar-refractivity contribution in [2.45, 2.75) is 17.1 Å². The molecule has 1 amide bonds. The lowest BCUT2D eigenvalue weighted by molar-refractivity contribution is -0.115. The summed E-state index contributed by atoms with van der Waals surface area (Å²) in [5.74, 6) is -3.02. The molecular formula is C18H13F3N2O2S. The van der Waals surface area contributed by atoms with Gasteiger partial charge in [0.15, 0.2) is 5.82 Å². The van der Waals surface area contributed by atoms with Gasteiger partial charge >= 0.3 is 0 Å². The number of aromatic nitrogens is 1. The smallest absolute Gasteiger partial charge is 0.243 e. The van der Waals surface area contributed by atoms with E-state index < -0.39 is 33.5 Å². The number of nitrogens with one attached hydrogen (secondary N) is 1. The molecule has 1 aromatic heterocycles. The standard InChI is InChI=1S/C18H13F3N2O2S/c1-10-7-15(23-25-10)22-18(24)16(11-5-3-2-4-6-11)26-17-13(20)8-12(19)9-14(17)21/h2-9,16H,1H3,(H,22,23,24)/t16-/m1/s1. The van der Waals surface area contributed by atoms with Crippen molar-refractivity contribution in [2.24, 2.45) is 0 Å². The third kappa shape index (κ3) is 4.08. The highest BCUT2D eigenvalue weighted by Crippen LogP contribution is 2.39. The zero-order chi connectivity index (χ0) is 18.7. The van der Waals surface area contributed by atoms with Crippen molar-refractivity contribution < 1.29 is 22.5 Å². The van der Waals surface area contributed by atoms with Crippen LogP contribution in [0.5, 0.6) is 0 Å². The predicted octanol–water partition coefficient (Wildman–Crippen LogP) is 4.87. The van der Waals surface area contributed by atoms with Gasteiger partial charge in [-0.2, -0.15) is 0 Å². The molecule has 2 aromatic carbocycles. The van der Waals surface area contributed by atoms with Crippen molar-refractivity contribution in [3.8, 4) is 0 Å². The van der Waals surface area contributed by atoms with Gasteiger partial charge in [0.25, 0.3) is 0 Å². The fraction of sp³-hybridized carbons (Fsp3) is 0.111. The first-order valence-electron chi connectivity index (χ1n) is 7.54. The molecule has 0 aliphatic carbocycles. The van der Waals surface area contributed by atoms with Crippen molar-refractivity contribution in [2.75, 3.05) is 5.32 Å². The number of anilines is 1. The quantitative estimate of drug-likeness (QED) is 0.644. The van der Waals surface area contributed by atoms with Crippen LogP contribution in [0.4, 0.5) is 19.0 Å². The highest BCUT2D eigenvalue weighted by molar-refractivity contribution is 8.00. The molecule has 0 aliphatic rings. The van der Waals surface area contributed by atoms with Gasteiger partial charge in [-0.25, -0.2) is 13.2 Å². The normalized spacial score (nSPS) is 12.0. The maximum Gasteiger partial charge on any atom is 0.243 e. The van der Waals surface area contributed by atoms with Crippen LogP contribution in [-0.4, -0.2) is 11.1 Å². The van der Waals surface area contributed by atoms with Gasteiger partial charge in [0.2, 0.25) is 5.91 Å². The van der Waals surface area contributed by atoms with Crippen LogP contribution in [0.2, 0.25) is 0 Å². The Kier molecular flexibility index (Phi) is 5.32. The summed E-state index contributed by atoms with van der Waals surface area (Å²) < 4.78 is 46.1. The lowest BCUT2D eigenvalue weighted by atomic mass is 10.1. The molecule has 3 rings (SSSR count). The number of rotatable bonds is 5. The van der Waals surface area contributed by atoms with E-state index in [1.165, 1.54) is 6.07 Å². The van der Waals surface area contributed by atoms with Gasteiger partial charge in [0.05, 0.1) is 4.90 Å². The summed E-state index contributed by atoms with van der Waals surface area (Å²) in [7, 11) is 0. The number of carbonyl (C=O) groups excluding carboxylic acids is 1. The Labute approximate surface area is 151 Å². The van der Waals surface area contributed by atoms with Gasteiger partial charge in [0, 0.05) is 18.2 Å². The summed E-state index contributed by atoms with van der Waals surface area (Å²) >= 11 is 0.651. The number of hydrogen-bond donors (Lipinski definition) is 1. The predicted molar refractivity (Wildman–Crippen MR) is 91.2 cm³/mol. The van der Waals surface area contributed by atoms with Crippen molar-refractivity contribution >= 4 is 23.5 Å². The molecule has 3 aromatic rings. The average Bonchev–Trinajstić information content (AvgIpc) is 2.99. The summed E-state index contributed by atoms with van der Waals surface area (Å²) in [6.07, 6.45) is 0. The zero-order valence-corrected chi connectivity index (χ0v) is 14.3. The molecule has 1 atom stereocenters. The number of aryl methyl sites for hydroxylation is 1. The molecule has 0 spiro atoms. The van der Waals surface area contributed by atoms with Crippen LogP contribution < -0.4 is 5.32 Å². The lowest BCUT2D eigenvalue weighted by Crippen LogP contribution is -2.19. The second-order valence-electron chi connectivity index (χ2n) is 5.42.